The van der Waals surface area contributed by atoms with Gasteiger partial charge in [0.2, 0.25) is 0 Å². The molecule has 0 heterocycles. The number of esters is 3. The van der Waals surface area contributed by atoms with Gasteiger partial charge in [0, 0.05) is 22.8 Å². The van der Waals surface area contributed by atoms with Crippen molar-refractivity contribution in [2.75, 3.05) is 6.61 Å². The average Bonchev–Trinajstić information content (AvgIpc) is 2.69. The van der Waals surface area contributed by atoms with Crippen LogP contribution >= 0.6 is 0 Å². The van der Waals surface area contributed by atoms with Crippen LogP contribution in [0.3, 0.4) is 0 Å². The molecular weight excluding hydrogens is 410 g/mol. The molecule has 2 aromatic rings. The molecule has 0 aliphatic carbocycles. The van der Waals surface area contributed by atoms with Crippen LogP contribution in [0, 0.1) is 11.6 Å². The summed E-state index contributed by atoms with van der Waals surface area (Å²) >= 11 is 0. The second-order valence-electron chi connectivity index (χ2n) is 6.60. The smallest absolute Gasteiger partial charge is 0.338 e. The molecule has 8 heteroatoms. The number of rotatable bonds is 8. The van der Waals surface area contributed by atoms with Crippen molar-refractivity contribution < 1.29 is 37.4 Å². The number of carbonyl (C=O) groups is 3. The maximum atomic E-state index is 14.5. The van der Waals surface area contributed by atoms with Gasteiger partial charge in [-0.1, -0.05) is 19.2 Å². The quantitative estimate of drug-likeness (QED) is 0.348. The van der Waals surface area contributed by atoms with Crippen molar-refractivity contribution in [3.63, 3.8) is 0 Å². The molecule has 0 N–H and O–H groups in total. The maximum absolute atomic E-state index is 14.5. The van der Waals surface area contributed by atoms with E-state index < -0.39 is 29.5 Å². The van der Waals surface area contributed by atoms with Gasteiger partial charge in [0.1, 0.15) is 18.2 Å². The minimum atomic E-state index is -0.855. The highest BCUT2D eigenvalue weighted by Crippen LogP contribution is 2.30. The second kappa shape index (κ2) is 10.3. The van der Waals surface area contributed by atoms with Crippen molar-refractivity contribution >= 4 is 17.9 Å². The van der Waals surface area contributed by atoms with E-state index in [0.29, 0.717) is 0 Å². The zero-order chi connectivity index (χ0) is 23.1. The minimum Gasteiger partial charge on any atom is -0.462 e. The van der Waals surface area contributed by atoms with Crippen LogP contribution in [0.25, 0.3) is 11.1 Å². The van der Waals surface area contributed by atoms with Crippen LogP contribution in [0.1, 0.15) is 20.3 Å². The molecule has 0 atom stereocenters. The Kier molecular flexibility index (Phi) is 7.79. The molecule has 31 heavy (non-hydrogen) atoms. The molecule has 162 valence electrons. The third kappa shape index (κ3) is 6.60. The van der Waals surface area contributed by atoms with Crippen LogP contribution in [0.2, 0.25) is 0 Å². The number of carbonyl (C=O) groups excluding carboxylic acids is 3. The first kappa shape index (κ1) is 23.5. The summed E-state index contributed by atoms with van der Waals surface area (Å²) in [4.78, 5) is 34.6. The Hall–Kier alpha value is -3.81. The first-order valence-electron chi connectivity index (χ1n) is 9.09. The lowest BCUT2D eigenvalue weighted by molar-refractivity contribution is -0.142. The van der Waals surface area contributed by atoms with E-state index in [0.717, 1.165) is 12.1 Å². The second-order valence-corrected chi connectivity index (χ2v) is 6.60. The Morgan fingerprint density at radius 2 is 1.55 bits per heavy atom. The number of halogens is 2. The van der Waals surface area contributed by atoms with E-state index in [4.69, 9.17) is 14.2 Å². The topological polar surface area (TPSA) is 78.9 Å². The van der Waals surface area contributed by atoms with Crippen molar-refractivity contribution in [3.8, 4) is 22.6 Å². The number of hydrogen-bond donors (Lipinski definition) is 0. The highest BCUT2D eigenvalue weighted by Gasteiger charge is 2.15. The zero-order valence-electron chi connectivity index (χ0n) is 17.0. The predicted molar refractivity (Wildman–Crippen MR) is 108 cm³/mol. The molecule has 0 saturated carbocycles. The molecule has 0 aliphatic rings. The Morgan fingerprint density at radius 3 is 2.13 bits per heavy atom. The van der Waals surface area contributed by atoms with Gasteiger partial charge in [0.25, 0.3) is 0 Å². The largest absolute Gasteiger partial charge is 0.462 e. The van der Waals surface area contributed by atoms with Crippen LogP contribution < -0.4 is 9.47 Å². The van der Waals surface area contributed by atoms with Crippen LogP contribution in [0.4, 0.5) is 8.78 Å². The lowest BCUT2D eigenvalue weighted by Gasteiger charge is -2.10. The van der Waals surface area contributed by atoms with Gasteiger partial charge in [-0.25, -0.2) is 18.4 Å². The Bertz CT molecular complexity index is 1060. The third-order valence-electron chi connectivity index (χ3n) is 3.85. The Balaban J connectivity index is 2.05. The highest BCUT2D eigenvalue weighted by atomic mass is 19.1. The number of benzene rings is 2. The molecule has 2 aromatic carbocycles. The van der Waals surface area contributed by atoms with Crippen LogP contribution in [0.5, 0.6) is 11.5 Å². The molecule has 0 unspecified atom stereocenters. The predicted octanol–water partition coefficient (Wildman–Crippen LogP) is 4.53. The van der Waals surface area contributed by atoms with Gasteiger partial charge in [-0.3, -0.25) is 4.79 Å². The minimum absolute atomic E-state index is 0.0480. The van der Waals surface area contributed by atoms with E-state index in [1.54, 1.807) is 0 Å². The molecule has 0 radical (unpaired) electrons. The molecule has 0 saturated heterocycles. The highest BCUT2D eigenvalue weighted by molar-refractivity contribution is 5.89. The average molecular weight is 430 g/mol. The summed E-state index contributed by atoms with van der Waals surface area (Å²) in [6.45, 7) is 9.51. The monoisotopic (exact) mass is 430 g/mol. The van der Waals surface area contributed by atoms with Crippen molar-refractivity contribution in [3.05, 3.63) is 72.3 Å². The first-order chi connectivity index (χ1) is 14.6. The van der Waals surface area contributed by atoms with E-state index in [1.165, 1.54) is 38.1 Å². The van der Waals surface area contributed by atoms with E-state index in [-0.39, 0.29) is 46.8 Å². The van der Waals surface area contributed by atoms with Crippen LogP contribution in [-0.2, 0) is 19.1 Å². The molecule has 0 fully saturated rings. The fourth-order valence-electron chi connectivity index (χ4n) is 2.26. The van der Waals surface area contributed by atoms with Gasteiger partial charge in [-0.2, -0.15) is 0 Å². The molecule has 0 amide bonds. The van der Waals surface area contributed by atoms with E-state index in [9.17, 15) is 23.2 Å². The summed E-state index contributed by atoms with van der Waals surface area (Å²) in [5.74, 6) is -4.12. The number of ether oxygens (including phenoxy) is 3. The van der Waals surface area contributed by atoms with Gasteiger partial charge in [-0.05, 0) is 43.7 Å². The summed E-state index contributed by atoms with van der Waals surface area (Å²) in [5.41, 5.74) is 0.541. The zero-order valence-corrected chi connectivity index (χ0v) is 17.0. The molecule has 6 nitrogen and oxygen atoms in total. The normalized spacial score (nSPS) is 10.2. The molecule has 0 bridgehead atoms. The number of hydrogen-bond acceptors (Lipinski definition) is 6. The van der Waals surface area contributed by atoms with E-state index in [1.807, 2.05) is 0 Å². The lowest BCUT2D eigenvalue weighted by atomic mass is 10.0. The Labute approximate surface area is 177 Å². The summed E-state index contributed by atoms with van der Waals surface area (Å²) in [7, 11) is 0. The fraction of sp³-hybridized carbons (Fsp3) is 0.174. The SMILES string of the molecule is C=C(C)C(=O)OCCC(=O)Oc1ccc(-c2ccc(OC(=O)C(=C)C)c(F)c2)c(F)c1. The van der Waals surface area contributed by atoms with Crippen molar-refractivity contribution in [1.29, 1.82) is 0 Å². The first-order valence-corrected chi connectivity index (χ1v) is 9.09. The third-order valence-corrected chi connectivity index (χ3v) is 3.85. The van der Waals surface area contributed by atoms with Gasteiger partial charge in [0.15, 0.2) is 11.6 Å². The Morgan fingerprint density at radius 1 is 0.871 bits per heavy atom. The van der Waals surface area contributed by atoms with Crippen molar-refractivity contribution in [2.24, 2.45) is 0 Å². The van der Waals surface area contributed by atoms with Crippen LogP contribution in [-0.4, -0.2) is 24.5 Å². The molecule has 0 aliphatic heterocycles. The van der Waals surface area contributed by atoms with Crippen molar-refractivity contribution in [2.45, 2.75) is 20.3 Å². The van der Waals surface area contributed by atoms with Gasteiger partial charge < -0.3 is 14.2 Å². The molecule has 0 aromatic heterocycles. The van der Waals surface area contributed by atoms with Crippen molar-refractivity contribution in [1.82, 2.24) is 0 Å². The molecule has 0 spiro atoms. The summed E-state index contributed by atoms with van der Waals surface area (Å²) in [6, 6.07) is 7.22. The maximum Gasteiger partial charge on any atom is 0.338 e. The fourth-order valence-corrected chi connectivity index (χ4v) is 2.26. The van der Waals surface area contributed by atoms with E-state index >= 15 is 0 Å². The summed E-state index contributed by atoms with van der Waals surface area (Å²) < 4.78 is 43.4. The molecular formula is C23H20F2O6. The summed E-state index contributed by atoms with van der Waals surface area (Å²) in [6.07, 6.45) is -0.224. The van der Waals surface area contributed by atoms with Gasteiger partial charge in [-0.15, -0.1) is 0 Å². The van der Waals surface area contributed by atoms with E-state index in [2.05, 4.69) is 13.2 Å². The lowest BCUT2D eigenvalue weighted by Crippen LogP contribution is -2.14. The standard InChI is InChI=1S/C23H20F2O6/c1-13(2)22(27)29-10-9-21(26)30-16-6-7-17(18(24)12-16)15-5-8-20(19(25)11-15)31-23(28)14(3)4/h5-8,11-12H,1,3,9-10H2,2,4H3. The summed E-state index contributed by atoms with van der Waals surface area (Å²) in [5, 5.41) is 0. The van der Waals surface area contributed by atoms with Gasteiger partial charge in [0.05, 0.1) is 6.42 Å². The van der Waals surface area contributed by atoms with Crippen LogP contribution in [0.15, 0.2) is 60.7 Å². The molecule has 2 rings (SSSR count). The van der Waals surface area contributed by atoms with Gasteiger partial charge >= 0.3 is 17.9 Å².